The van der Waals surface area contributed by atoms with E-state index in [1.54, 1.807) is 11.8 Å². The maximum absolute atomic E-state index is 4.47. The molecule has 2 N–H and O–H groups in total. The zero-order valence-electron chi connectivity index (χ0n) is 17.6. The highest BCUT2D eigenvalue weighted by atomic mass is 127. The molecule has 1 aromatic heterocycles. The van der Waals surface area contributed by atoms with Crippen molar-refractivity contribution in [3.05, 3.63) is 41.2 Å². The summed E-state index contributed by atoms with van der Waals surface area (Å²) in [6.07, 6.45) is 9.18. The van der Waals surface area contributed by atoms with Crippen LogP contribution in [0.2, 0.25) is 0 Å². The fraction of sp³-hybridized carbons (Fsp3) is 0.571. The minimum Gasteiger partial charge on any atom is -0.356 e. The molecule has 8 heteroatoms. The summed E-state index contributed by atoms with van der Waals surface area (Å²) in [5.41, 5.74) is 2.54. The average molecular weight is 529 g/mol. The predicted octanol–water partition coefficient (Wildman–Crippen LogP) is 4.34. The summed E-state index contributed by atoms with van der Waals surface area (Å²) in [5, 5.41) is 16.7. The van der Waals surface area contributed by atoms with Crippen molar-refractivity contribution in [3.8, 4) is 0 Å². The molecule has 3 rings (SSSR count). The van der Waals surface area contributed by atoms with Crippen molar-refractivity contribution in [2.75, 3.05) is 19.8 Å². The van der Waals surface area contributed by atoms with E-state index in [0.717, 1.165) is 42.9 Å². The molecule has 2 aromatic rings. The third kappa shape index (κ3) is 6.87. The van der Waals surface area contributed by atoms with Crippen LogP contribution in [-0.4, -0.2) is 40.6 Å². The molecule has 1 aromatic carbocycles. The van der Waals surface area contributed by atoms with Gasteiger partial charge in [-0.05, 0) is 38.0 Å². The van der Waals surface area contributed by atoms with E-state index >= 15 is 0 Å². The van der Waals surface area contributed by atoms with Crippen molar-refractivity contribution >= 4 is 41.7 Å². The molecule has 0 unspecified atom stereocenters. The van der Waals surface area contributed by atoms with Crippen molar-refractivity contribution in [3.63, 3.8) is 0 Å². The first-order chi connectivity index (χ1) is 13.7. The first-order valence-electron chi connectivity index (χ1n) is 10.2. The fourth-order valence-corrected chi connectivity index (χ4v) is 4.40. The third-order valence-corrected chi connectivity index (χ3v) is 5.89. The summed E-state index contributed by atoms with van der Waals surface area (Å²) >= 11 is 1.70. The lowest BCUT2D eigenvalue weighted by Crippen LogP contribution is -2.37. The van der Waals surface area contributed by atoms with Crippen LogP contribution >= 0.6 is 35.7 Å². The molecule has 160 valence electrons. The van der Waals surface area contributed by atoms with Gasteiger partial charge in [0.2, 0.25) is 0 Å². The Morgan fingerprint density at radius 2 is 2.03 bits per heavy atom. The Bertz CT molecular complexity index is 785. The highest BCUT2D eigenvalue weighted by molar-refractivity contribution is 14.0. The number of hydrogen-bond donors (Lipinski definition) is 2. The van der Waals surface area contributed by atoms with Crippen LogP contribution in [0.4, 0.5) is 0 Å². The number of guanidine groups is 1. The van der Waals surface area contributed by atoms with Crippen LogP contribution < -0.4 is 10.6 Å². The number of thioether (sulfide) groups is 1. The Hall–Kier alpha value is -1.29. The van der Waals surface area contributed by atoms with Crippen LogP contribution in [0.25, 0.3) is 0 Å². The largest absolute Gasteiger partial charge is 0.356 e. The lowest BCUT2D eigenvalue weighted by Gasteiger charge is -2.16. The van der Waals surface area contributed by atoms with Gasteiger partial charge in [0, 0.05) is 32.6 Å². The molecule has 1 saturated carbocycles. The number of nitrogens with zero attached hydrogens (tertiary/aromatic N) is 4. The molecule has 0 spiro atoms. The number of benzene rings is 1. The van der Waals surface area contributed by atoms with Gasteiger partial charge in [0.15, 0.2) is 11.1 Å². The van der Waals surface area contributed by atoms with Gasteiger partial charge in [0.05, 0.1) is 0 Å². The molecule has 1 heterocycles. The van der Waals surface area contributed by atoms with Crippen molar-refractivity contribution in [2.24, 2.45) is 4.99 Å². The second-order valence-corrected chi connectivity index (χ2v) is 8.13. The minimum absolute atomic E-state index is 0. The van der Waals surface area contributed by atoms with Gasteiger partial charge in [0.1, 0.15) is 5.82 Å². The zero-order valence-corrected chi connectivity index (χ0v) is 20.8. The van der Waals surface area contributed by atoms with E-state index < -0.39 is 0 Å². The molecule has 1 aliphatic carbocycles. The number of halogens is 1. The number of nitrogens with one attached hydrogen (secondary N) is 2. The van der Waals surface area contributed by atoms with Gasteiger partial charge in [-0.15, -0.1) is 34.2 Å². The Kier molecular flexibility index (Phi) is 10.3. The highest BCUT2D eigenvalue weighted by Gasteiger charge is 2.23. The van der Waals surface area contributed by atoms with E-state index in [9.17, 15) is 0 Å². The van der Waals surface area contributed by atoms with Gasteiger partial charge in [-0.2, -0.15) is 0 Å². The quantitative estimate of drug-likeness (QED) is 0.176. The highest BCUT2D eigenvalue weighted by Crippen LogP contribution is 2.33. The Labute approximate surface area is 195 Å². The first kappa shape index (κ1) is 24.0. The lowest BCUT2D eigenvalue weighted by atomic mass is 10.1. The summed E-state index contributed by atoms with van der Waals surface area (Å²) in [6, 6.07) is 9.12. The van der Waals surface area contributed by atoms with Crippen LogP contribution in [0.15, 0.2) is 34.4 Å². The summed E-state index contributed by atoms with van der Waals surface area (Å²) in [6.45, 7) is 3.75. The second kappa shape index (κ2) is 12.4. The van der Waals surface area contributed by atoms with E-state index in [2.05, 4.69) is 67.8 Å². The number of rotatable bonds is 8. The Balaban J connectivity index is 0.00000300. The summed E-state index contributed by atoms with van der Waals surface area (Å²) in [4.78, 5) is 4.33. The predicted molar refractivity (Wildman–Crippen MR) is 132 cm³/mol. The normalized spacial score (nSPS) is 14.7. The number of aliphatic imine (C=N–C) groups is 1. The fourth-order valence-electron chi connectivity index (χ4n) is 3.83. The van der Waals surface area contributed by atoms with Gasteiger partial charge >= 0.3 is 0 Å². The van der Waals surface area contributed by atoms with Gasteiger partial charge < -0.3 is 15.2 Å². The summed E-state index contributed by atoms with van der Waals surface area (Å²) < 4.78 is 2.39. The zero-order chi connectivity index (χ0) is 19.8. The van der Waals surface area contributed by atoms with Gasteiger partial charge in [-0.3, -0.25) is 4.99 Å². The molecular formula is C21H33IN6S. The molecule has 29 heavy (non-hydrogen) atoms. The molecule has 1 aliphatic rings. The number of aromatic nitrogens is 3. The second-order valence-electron chi connectivity index (χ2n) is 7.36. The van der Waals surface area contributed by atoms with Crippen LogP contribution in [0.1, 0.15) is 55.1 Å². The van der Waals surface area contributed by atoms with Crippen molar-refractivity contribution < 1.29 is 0 Å². The molecular weight excluding hydrogens is 495 g/mol. The minimum atomic E-state index is 0. The van der Waals surface area contributed by atoms with E-state index in [-0.39, 0.29) is 24.0 Å². The van der Waals surface area contributed by atoms with E-state index in [4.69, 9.17) is 0 Å². The standard InChI is InChI=1S/C21H32N6S.HI/c1-16-8-6-9-17(14-16)15-24-20(22-2)23-13-7-12-19-25-26-21(28-3)27(19)18-10-4-5-11-18;/h6,8-9,14,18H,4-5,7,10-13,15H2,1-3H3,(H2,22,23,24);1H. The van der Waals surface area contributed by atoms with E-state index in [1.807, 2.05) is 7.05 Å². The molecule has 0 aliphatic heterocycles. The summed E-state index contributed by atoms with van der Waals surface area (Å²) in [7, 11) is 1.81. The smallest absolute Gasteiger partial charge is 0.191 e. The maximum atomic E-state index is 4.47. The van der Waals surface area contributed by atoms with Crippen molar-refractivity contribution in [1.82, 2.24) is 25.4 Å². The molecule has 0 bridgehead atoms. The van der Waals surface area contributed by atoms with Crippen LogP contribution in [0.3, 0.4) is 0 Å². The van der Waals surface area contributed by atoms with Gasteiger partial charge in [0.25, 0.3) is 0 Å². The SMILES string of the molecule is CN=C(NCCCc1nnc(SC)n1C1CCCC1)NCc1cccc(C)c1.I. The lowest BCUT2D eigenvalue weighted by molar-refractivity contribution is 0.460. The Morgan fingerprint density at radius 1 is 1.24 bits per heavy atom. The molecule has 0 radical (unpaired) electrons. The van der Waals surface area contributed by atoms with E-state index in [0.29, 0.717) is 6.04 Å². The van der Waals surface area contributed by atoms with Crippen LogP contribution in [0, 0.1) is 6.92 Å². The van der Waals surface area contributed by atoms with Gasteiger partial charge in [-0.1, -0.05) is 54.4 Å². The first-order valence-corrected chi connectivity index (χ1v) is 11.4. The molecule has 0 saturated heterocycles. The number of hydrogen-bond acceptors (Lipinski definition) is 4. The average Bonchev–Trinajstić information content (AvgIpc) is 3.36. The number of aryl methyl sites for hydroxylation is 2. The molecule has 6 nitrogen and oxygen atoms in total. The monoisotopic (exact) mass is 528 g/mol. The molecule has 0 atom stereocenters. The van der Waals surface area contributed by atoms with Crippen LogP contribution in [-0.2, 0) is 13.0 Å². The topological polar surface area (TPSA) is 67.1 Å². The van der Waals surface area contributed by atoms with Crippen molar-refractivity contribution in [1.29, 1.82) is 0 Å². The summed E-state index contributed by atoms with van der Waals surface area (Å²) in [5.74, 6) is 1.96. The van der Waals surface area contributed by atoms with Crippen LogP contribution in [0.5, 0.6) is 0 Å². The van der Waals surface area contributed by atoms with Crippen molar-refractivity contribution in [2.45, 2.75) is 63.2 Å². The Morgan fingerprint density at radius 3 is 2.72 bits per heavy atom. The van der Waals surface area contributed by atoms with E-state index in [1.165, 1.54) is 36.8 Å². The maximum Gasteiger partial charge on any atom is 0.191 e. The molecule has 0 amide bonds. The molecule has 1 fully saturated rings. The van der Waals surface area contributed by atoms with Gasteiger partial charge in [-0.25, -0.2) is 0 Å². The third-order valence-electron chi connectivity index (χ3n) is 5.24.